The van der Waals surface area contributed by atoms with E-state index in [0.29, 0.717) is 39.5 Å². The second kappa shape index (κ2) is 7.24. The number of thioether (sulfide) groups is 1. The van der Waals surface area contributed by atoms with Crippen LogP contribution in [0.1, 0.15) is 5.82 Å². The molecular weight excluding hydrogens is 394 g/mol. The van der Waals surface area contributed by atoms with Crippen molar-refractivity contribution in [3.63, 3.8) is 0 Å². The fourth-order valence-corrected chi connectivity index (χ4v) is 3.86. The Bertz CT molecular complexity index is 1330. The van der Waals surface area contributed by atoms with Gasteiger partial charge in [0.1, 0.15) is 17.1 Å². The first-order chi connectivity index (χ1) is 13.9. The summed E-state index contributed by atoms with van der Waals surface area (Å²) in [5, 5.41) is 9.23. The second-order valence-electron chi connectivity index (χ2n) is 6.44. The van der Waals surface area contributed by atoms with E-state index in [-0.39, 0.29) is 0 Å². The number of imidazole rings is 1. The van der Waals surface area contributed by atoms with E-state index in [9.17, 15) is 9.59 Å². The lowest BCUT2D eigenvalue weighted by Gasteiger charge is -2.07. The van der Waals surface area contributed by atoms with Crippen LogP contribution in [0.3, 0.4) is 0 Å². The maximum atomic E-state index is 12.3. The lowest BCUT2D eigenvalue weighted by molar-refractivity contribution is 0.416. The Labute approximate surface area is 169 Å². The van der Waals surface area contributed by atoms with Crippen molar-refractivity contribution in [2.75, 3.05) is 7.11 Å². The monoisotopic (exact) mass is 413 g/mol. The molecule has 0 aliphatic rings. The van der Waals surface area contributed by atoms with Gasteiger partial charge >= 0.3 is 5.69 Å². The zero-order valence-corrected chi connectivity index (χ0v) is 17.1. The first kappa shape index (κ1) is 19.0. The average molecular weight is 413 g/mol. The van der Waals surface area contributed by atoms with Crippen molar-refractivity contribution in [3.8, 4) is 17.1 Å². The number of fused-ring (bicyclic) bond motifs is 1. The van der Waals surface area contributed by atoms with Crippen molar-refractivity contribution in [2.24, 2.45) is 21.1 Å². The number of ether oxygens (including phenoxy) is 1. The Hall–Kier alpha value is -3.34. The van der Waals surface area contributed by atoms with Gasteiger partial charge in [-0.3, -0.25) is 13.9 Å². The Morgan fingerprint density at radius 2 is 1.83 bits per heavy atom. The van der Waals surface area contributed by atoms with Crippen LogP contribution in [0.15, 0.2) is 39.0 Å². The molecule has 0 aliphatic heterocycles. The van der Waals surface area contributed by atoms with Gasteiger partial charge in [-0.1, -0.05) is 23.9 Å². The van der Waals surface area contributed by atoms with Crippen LogP contribution in [0, 0.1) is 0 Å². The number of hydrogen-bond donors (Lipinski definition) is 1. The molecule has 4 aromatic rings. The fraction of sp³-hybridized carbons (Fsp3) is 0.278. The molecule has 29 heavy (non-hydrogen) atoms. The highest BCUT2D eigenvalue weighted by Gasteiger charge is 2.17. The number of H-pyrrole nitrogens is 1. The summed E-state index contributed by atoms with van der Waals surface area (Å²) < 4.78 is 9.69. The number of methoxy groups -OCH3 is 1. The normalized spacial score (nSPS) is 11.3. The van der Waals surface area contributed by atoms with E-state index in [4.69, 9.17) is 4.74 Å². The maximum Gasteiger partial charge on any atom is 0.332 e. The SMILES string of the molecule is COc1ccccc1-c1nnc(SCc2nc3c([nH]2)c(=O)n(C)c(=O)n3C)n1C. The van der Waals surface area contributed by atoms with Crippen molar-refractivity contribution < 1.29 is 4.74 Å². The van der Waals surface area contributed by atoms with E-state index in [1.165, 1.54) is 23.4 Å². The summed E-state index contributed by atoms with van der Waals surface area (Å²) in [4.78, 5) is 31.8. The average Bonchev–Trinajstić information content (AvgIpc) is 3.33. The van der Waals surface area contributed by atoms with Gasteiger partial charge < -0.3 is 14.3 Å². The molecule has 0 bridgehead atoms. The molecule has 0 radical (unpaired) electrons. The summed E-state index contributed by atoms with van der Waals surface area (Å²) in [6.07, 6.45) is 0. The topological polar surface area (TPSA) is 113 Å². The van der Waals surface area contributed by atoms with Crippen LogP contribution in [0.5, 0.6) is 5.75 Å². The zero-order valence-electron chi connectivity index (χ0n) is 16.3. The van der Waals surface area contributed by atoms with Crippen LogP contribution in [-0.4, -0.2) is 41.0 Å². The van der Waals surface area contributed by atoms with Crippen molar-refractivity contribution in [2.45, 2.75) is 10.9 Å². The van der Waals surface area contributed by atoms with E-state index >= 15 is 0 Å². The van der Waals surface area contributed by atoms with Crippen molar-refractivity contribution in [1.29, 1.82) is 0 Å². The van der Waals surface area contributed by atoms with Crippen LogP contribution in [-0.2, 0) is 26.9 Å². The molecule has 11 heteroatoms. The molecule has 150 valence electrons. The third-order valence-electron chi connectivity index (χ3n) is 4.66. The van der Waals surface area contributed by atoms with Gasteiger partial charge in [0, 0.05) is 21.1 Å². The Balaban J connectivity index is 1.63. The molecule has 0 saturated carbocycles. The van der Waals surface area contributed by atoms with Gasteiger partial charge in [-0.2, -0.15) is 0 Å². The minimum absolute atomic E-state index is 0.304. The number of nitrogens with zero attached hydrogens (tertiary/aromatic N) is 6. The predicted molar refractivity (Wildman–Crippen MR) is 109 cm³/mol. The Morgan fingerprint density at radius 3 is 2.59 bits per heavy atom. The molecule has 0 fully saturated rings. The van der Waals surface area contributed by atoms with Gasteiger partial charge in [-0.25, -0.2) is 9.78 Å². The summed E-state index contributed by atoms with van der Waals surface area (Å²) in [5.41, 5.74) is 0.672. The van der Waals surface area contributed by atoms with Gasteiger partial charge in [-0.15, -0.1) is 10.2 Å². The number of hydrogen-bond acceptors (Lipinski definition) is 7. The van der Waals surface area contributed by atoms with Gasteiger partial charge in [0.2, 0.25) is 0 Å². The molecule has 0 atom stereocenters. The lowest BCUT2D eigenvalue weighted by Crippen LogP contribution is -2.36. The number of nitrogens with one attached hydrogen (secondary N) is 1. The first-order valence-corrected chi connectivity index (χ1v) is 9.71. The number of rotatable bonds is 5. The van der Waals surface area contributed by atoms with Crippen LogP contribution in [0.25, 0.3) is 22.6 Å². The van der Waals surface area contributed by atoms with Crippen LogP contribution >= 0.6 is 11.8 Å². The van der Waals surface area contributed by atoms with Crippen LogP contribution in [0.4, 0.5) is 0 Å². The number of benzene rings is 1. The highest BCUT2D eigenvalue weighted by molar-refractivity contribution is 7.98. The van der Waals surface area contributed by atoms with Gasteiger partial charge in [0.05, 0.1) is 18.4 Å². The smallest absolute Gasteiger partial charge is 0.332 e. The third-order valence-corrected chi connectivity index (χ3v) is 5.70. The molecule has 0 amide bonds. The van der Waals surface area contributed by atoms with Gasteiger partial charge in [0.15, 0.2) is 16.6 Å². The van der Waals surface area contributed by atoms with Crippen LogP contribution < -0.4 is 16.0 Å². The highest BCUT2D eigenvalue weighted by atomic mass is 32.2. The Kier molecular flexibility index (Phi) is 4.74. The Morgan fingerprint density at radius 1 is 1.07 bits per heavy atom. The van der Waals surface area contributed by atoms with Gasteiger partial charge in [0.25, 0.3) is 5.56 Å². The standard InChI is InChI=1S/C18H19N7O3S/c1-23-14(10-7-5-6-8-11(10)28-4)21-22-17(23)29-9-12-19-13-15(20-12)24(2)18(27)25(3)16(13)26/h5-8H,9H2,1-4H3,(H,19,20). The summed E-state index contributed by atoms with van der Waals surface area (Å²) >= 11 is 1.42. The predicted octanol–water partition coefficient (Wildman–Crippen LogP) is 1.06. The highest BCUT2D eigenvalue weighted by Crippen LogP contribution is 2.30. The summed E-state index contributed by atoms with van der Waals surface area (Å²) in [6, 6.07) is 7.61. The van der Waals surface area contributed by atoms with Crippen molar-refractivity contribution in [1.82, 2.24) is 33.9 Å². The van der Waals surface area contributed by atoms with Crippen molar-refractivity contribution >= 4 is 22.9 Å². The van der Waals surface area contributed by atoms with Crippen LogP contribution in [0.2, 0.25) is 0 Å². The number of para-hydroxylation sites is 1. The molecule has 0 saturated heterocycles. The summed E-state index contributed by atoms with van der Waals surface area (Å²) in [6.45, 7) is 0. The molecule has 1 N–H and O–H groups in total. The maximum absolute atomic E-state index is 12.3. The van der Waals surface area contributed by atoms with E-state index in [0.717, 1.165) is 10.1 Å². The quantitative estimate of drug-likeness (QED) is 0.487. The van der Waals surface area contributed by atoms with E-state index in [2.05, 4.69) is 20.2 Å². The minimum Gasteiger partial charge on any atom is -0.496 e. The van der Waals surface area contributed by atoms with E-state index in [1.807, 2.05) is 35.9 Å². The molecule has 1 aromatic carbocycles. The summed E-state index contributed by atoms with van der Waals surface area (Å²) in [5.74, 6) is 2.41. The zero-order chi connectivity index (χ0) is 20.7. The van der Waals surface area contributed by atoms with E-state index in [1.54, 1.807) is 14.2 Å². The fourth-order valence-electron chi connectivity index (χ4n) is 3.08. The molecule has 10 nitrogen and oxygen atoms in total. The first-order valence-electron chi connectivity index (χ1n) is 8.72. The number of aryl methyl sites for hydroxylation is 1. The number of aromatic nitrogens is 7. The largest absolute Gasteiger partial charge is 0.496 e. The lowest BCUT2D eigenvalue weighted by atomic mass is 10.2. The molecule has 3 heterocycles. The second-order valence-corrected chi connectivity index (χ2v) is 7.38. The molecule has 0 unspecified atom stereocenters. The van der Waals surface area contributed by atoms with E-state index < -0.39 is 11.2 Å². The molecule has 4 rings (SSSR count). The molecular formula is C18H19N7O3S. The van der Waals surface area contributed by atoms with Crippen molar-refractivity contribution in [3.05, 3.63) is 50.9 Å². The minimum atomic E-state index is -0.414. The third kappa shape index (κ3) is 3.12. The molecule has 0 spiro atoms. The molecule has 0 aliphatic carbocycles. The van der Waals surface area contributed by atoms with Gasteiger partial charge in [-0.05, 0) is 12.1 Å². The summed E-state index contributed by atoms with van der Waals surface area (Å²) in [7, 11) is 6.52. The number of aromatic amines is 1. The molecule has 3 aromatic heterocycles.